The summed E-state index contributed by atoms with van der Waals surface area (Å²) in [6.07, 6.45) is 7.52. The van der Waals surface area contributed by atoms with Crippen LogP contribution in [0, 0.1) is 10.7 Å². The second kappa shape index (κ2) is 8.32. The van der Waals surface area contributed by atoms with Crippen LogP contribution >= 0.6 is 11.6 Å². The maximum absolute atomic E-state index is 12.9. The fraction of sp³-hybridized carbons (Fsp3) is 0.429. The summed E-state index contributed by atoms with van der Waals surface area (Å²) in [5, 5.41) is 1.70. The van der Waals surface area contributed by atoms with Crippen LogP contribution in [0.2, 0.25) is 5.02 Å². The molecular weight excluding hydrogens is 406 g/mol. The lowest BCUT2D eigenvalue weighted by Crippen LogP contribution is -2.37. The van der Waals surface area contributed by atoms with E-state index in [1.165, 1.54) is 0 Å². The van der Waals surface area contributed by atoms with Gasteiger partial charge in [-0.25, -0.2) is 14.2 Å². The SMILES string of the molecule is CN(c1ncnc2[nH]ccc12)[C@H]1CC[C@@H](CS(=N)(=O)Cc2ccc(Cl)cc2)CC1. The second-order valence-electron chi connectivity index (χ2n) is 7.97. The highest BCUT2D eigenvalue weighted by atomic mass is 35.5. The van der Waals surface area contributed by atoms with Crippen LogP contribution in [-0.2, 0) is 15.5 Å². The number of anilines is 1. The van der Waals surface area contributed by atoms with Gasteiger partial charge in [-0.3, -0.25) is 4.78 Å². The first-order valence-electron chi connectivity index (χ1n) is 9.91. The minimum absolute atomic E-state index is 0.302. The number of aromatic amines is 1. The summed E-state index contributed by atoms with van der Waals surface area (Å²) in [6, 6.07) is 9.73. The molecule has 0 spiro atoms. The van der Waals surface area contributed by atoms with Gasteiger partial charge in [-0.15, -0.1) is 0 Å². The quantitative estimate of drug-likeness (QED) is 0.583. The molecule has 1 fully saturated rings. The Hall–Kier alpha value is -2.12. The topological polar surface area (TPSA) is 85.7 Å². The number of hydrogen-bond donors (Lipinski definition) is 2. The van der Waals surface area contributed by atoms with E-state index in [0.717, 1.165) is 48.1 Å². The third-order valence-electron chi connectivity index (χ3n) is 5.85. The van der Waals surface area contributed by atoms with Crippen molar-refractivity contribution in [2.24, 2.45) is 5.92 Å². The average Bonchev–Trinajstić information content (AvgIpc) is 3.18. The number of benzene rings is 1. The smallest absolute Gasteiger partial charge is 0.142 e. The van der Waals surface area contributed by atoms with Gasteiger partial charge in [-0.05, 0) is 55.4 Å². The molecule has 0 amide bonds. The lowest BCUT2D eigenvalue weighted by Gasteiger charge is -2.35. The van der Waals surface area contributed by atoms with Crippen LogP contribution in [0.4, 0.5) is 5.82 Å². The van der Waals surface area contributed by atoms with E-state index in [4.69, 9.17) is 16.4 Å². The number of nitrogens with zero attached hydrogens (tertiary/aromatic N) is 3. The van der Waals surface area contributed by atoms with Crippen molar-refractivity contribution in [1.82, 2.24) is 15.0 Å². The minimum atomic E-state index is -2.64. The van der Waals surface area contributed by atoms with Crippen LogP contribution < -0.4 is 4.90 Å². The number of aromatic nitrogens is 3. The molecule has 4 rings (SSSR count). The van der Waals surface area contributed by atoms with E-state index in [1.807, 2.05) is 24.4 Å². The summed E-state index contributed by atoms with van der Waals surface area (Å²) in [5.41, 5.74) is 1.77. The monoisotopic (exact) mass is 431 g/mol. The number of halogens is 1. The third kappa shape index (κ3) is 4.73. The van der Waals surface area contributed by atoms with Crippen LogP contribution in [0.3, 0.4) is 0 Å². The standard InChI is InChI=1S/C21H26ClN5OS/c1-27(21-19-10-11-24-20(19)25-14-26-21)18-8-4-16(5-9-18)13-29(23,28)12-15-2-6-17(22)7-3-15/h2-3,6-7,10-11,14,16,18,23H,4-5,8-9,12-13H2,1H3,(H,24,25,26)/t16-,18+,29?. The molecule has 1 saturated carbocycles. The zero-order valence-corrected chi connectivity index (χ0v) is 18.0. The molecule has 0 radical (unpaired) electrons. The number of H-pyrrole nitrogens is 1. The molecule has 0 aliphatic heterocycles. The fourth-order valence-corrected chi connectivity index (χ4v) is 6.37. The first-order chi connectivity index (χ1) is 13.9. The first kappa shape index (κ1) is 20.2. The van der Waals surface area contributed by atoms with E-state index in [1.54, 1.807) is 18.5 Å². The highest BCUT2D eigenvalue weighted by molar-refractivity contribution is 7.91. The van der Waals surface area contributed by atoms with Crippen molar-refractivity contribution in [3.63, 3.8) is 0 Å². The number of hydrogen-bond acceptors (Lipinski definition) is 5. The van der Waals surface area contributed by atoms with Gasteiger partial charge in [-0.2, -0.15) is 0 Å². The van der Waals surface area contributed by atoms with Crippen molar-refractivity contribution < 1.29 is 4.21 Å². The predicted octanol–water partition coefficient (Wildman–Crippen LogP) is 4.85. The lowest BCUT2D eigenvalue weighted by molar-refractivity contribution is 0.342. The second-order valence-corrected chi connectivity index (χ2v) is 10.7. The van der Waals surface area contributed by atoms with E-state index in [0.29, 0.717) is 28.5 Å². The van der Waals surface area contributed by atoms with E-state index in [9.17, 15) is 4.21 Å². The van der Waals surface area contributed by atoms with Crippen LogP contribution in [0.5, 0.6) is 0 Å². The van der Waals surface area contributed by atoms with Crippen molar-refractivity contribution in [1.29, 1.82) is 4.78 Å². The Bertz CT molecular complexity index is 1070. The molecule has 29 heavy (non-hydrogen) atoms. The number of rotatable bonds is 6. The highest BCUT2D eigenvalue weighted by Gasteiger charge is 2.27. The van der Waals surface area contributed by atoms with Gasteiger partial charge in [0.15, 0.2) is 0 Å². The summed E-state index contributed by atoms with van der Waals surface area (Å²) >= 11 is 5.92. The molecule has 2 heterocycles. The summed E-state index contributed by atoms with van der Waals surface area (Å²) in [4.78, 5) is 14.1. The summed E-state index contributed by atoms with van der Waals surface area (Å²) < 4.78 is 21.2. The molecule has 1 unspecified atom stereocenters. The molecule has 1 atom stereocenters. The van der Waals surface area contributed by atoms with Crippen LogP contribution in [0.15, 0.2) is 42.9 Å². The van der Waals surface area contributed by atoms with Gasteiger partial charge in [-0.1, -0.05) is 23.7 Å². The molecule has 1 aliphatic carbocycles. The van der Waals surface area contributed by atoms with E-state index in [-0.39, 0.29) is 0 Å². The van der Waals surface area contributed by atoms with E-state index >= 15 is 0 Å². The van der Waals surface area contributed by atoms with Crippen molar-refractivity contribution in [2.45, 2.75) is 37.5 Å². The van der Waals surface area contributed by atoms with Gasteiger partial charge in [0.25, 0.3) is 0 Å². The molecule has 3 aromatic rings. The Labute approximate surface area is 176 Å². The molecule has 2 N–H and O–H groups in total. The van der Waals surface area contributed by atoms with Gasteiger partial charge >= 0.3 is 0 Å². The van der Waals surface area contributed by atoms with Crippen molar-refractivity contribution in [3.05, 3.63) is 53.4 Å². The van der Waals surface area contributed by atoms with Gasteiger partial charge in [0.1, 0.15) is 17.8 Å². The zero-order chi connectivity index (χ0) is 20.4. The minimum Gasteiger partial charge on any atom is -0.356 e. The predicted molar refractivity (Wildman–Crippen MR) is 119 cm³/mol. The Morgan fingerprint density at radius 3 is 2.62 bits per heavy atom. The average molecular weight is 432 g/mol. The molecule has 2 aromatic heterocycles. The Kier molecular flexibility index (Phi) is 5.79. The summed E-state index contributed by atoms with van der Waals surface area (Å²) in [5.74, 6) is 2.07. The molecule has 0 bridgehead atoms. The fourth-order valence-electron chi connectivity index (χ4n) is 4.30. The summed E-state index contributed by atoms with van der Waals surface area (Å²) in [7, 11) is -0.549. The lowest BCUT2D eigenvalue weighted by atomic mass is 9.86. The molecule has 6 nitrogen and oxygen atoms in total. The largest absolute Gasteiger partial charge is 0.356 e. The molecule has 0 saturated heterocycles. The van der Waals surface area contributed by atoms with Crippen molar-refractivity contribution in [3.8, 4) is 0 Å². The van der Waals surface area contributed by atoms with Gasteiger partial charge in [0.05, 0.1) is 11.1 Å². The van der Waals surface area contributed by atoms with Crippen molar-refractivity contribution >= 4 is 38.2 Å². The summed E-state index contributed by atoms with van der Waals surface area (Å²) in [6.45, 7) is 0. The molecule has 8 heteroatoms. The maximum atomic E-state index is 12.9. The number of fused-ring (bicyclic) bond motifs is 1. The van der Waals surface area contributed by atoms with Gasteiger partial charge < -0.3 is 9.88 Å². The number of nitrogens with one attached hydrogen (secondary N) is 2. The first-order valence-corrected chi connectivity index (χ1v) is 12.2. The normalized spacial score (nSPS) is 21.7. The Balaban J connectivity index is 1.35. The van der Waals surface area contributed by atoms with Crippen molar-refractivity contribution in [2.75, 3.05) is 17.7 Å². The van der Waals surface area contributed by atoms with Crippen LogP contribution in [-0.4, -0.2) is 38.0 Å². The van der Waals surface area contributed by atoms with Crippen LogP contribution in [0.25, 0.3) is 11.0 Å². The molecule has 1 aromatic carbocycles. The van der Waals surface area contributed by atoms with Gasteiger partial charge in [0.2, 0.25) is 0 Å². The molecule has 154 valence electrons. The zero-order valence-electron chi connectivity index (χ0n) is 16.5. The maximum Gasteiger partial charge on any atom is 0.142 e. The third-order valence-corrected chi connectivity index (χ3v) is 7.91. The Morgan fingerprint density at radius 2 is 1.90 bits per heavy atom. The van der Waals surface area contributed by atoms with Crippen LogP contribution in [0.1, 0.15) is 31.2 Å². The van der Waals surface area contributed by atoms with Gasteiger partial charge in [0, 0.05) is 39.8 Å². The molecule has 1 aliphatic rings. The molecular formula is C21H26ClN5OS. The van der Waals surface area contributed by atoms with E-state index in [2.05, 4.69) is 26.9 Å². The highest BCUT2D eigenvalue weighted by Crippen LogP contribution is 2.32. The Morgan fingerprint density at radius 1 is 1.17 bits per heavy atom. The van der Waals surface area contributed by atoms with E-state index < -0.39 is 9.73 Å².